The van der Waals surface area contributed by atoms with E-state index in [9.17, 15) is 14.9 Å². The number of amides is 1. The molecule has 9 nitrogen and oxygen atoms in total. The van der Waals surface area contributed by atoms with E-state index in [1.165, 1.54) is 10.7 Å². The van der Waals surface area contributed by atoms with E-state index in [0.717, 1.165) is 5.56 Å². The number of benzene rings is 1. The molecular formula is C18H17BrCl2N6O3. The van der Waals surface area contributed by atoms with Crippen LogP contribution in [0.4, 0.5) is 11.6 Å². The molecule has 1 N–H and O–H groups in total. The van der Waals surface area contributed by atoms with Gasteiger partial charge in [0.05, 0.1) is 27.9 Å². The van der Waals surface area contributed by atoms with Gasteiger partial charge in [-0.3, -0.25) is 9.48 Å². The number of nitrogens with zero attached hydrogens (tertiary/aromatic N) is 5. The average molecular weight is 516 g/mol. The number of halogens is 3. The lowest BCUT2D eigenvalue weighted by Gasteiger charge is -2.13. The maximum Gasteiger partial charge on any atom is 0.390 e. The van der Waals surface area contributed by atoms with E-state index >= 15 is 0 Å². The average Bonchev–Trinajstić information content (AvgIpc) is 3.21. The third-order valence-electron chi connectivity index (χ3n) is 4.39. The van der Waals surface area contributed by atoms with E-state index in [1.807, 2.05) is 0 Å². The number of hydrogen-bond acceptors (Lipinski definition) is 5. The van der Waals surface area contributed by atoms with Crippen LogP contribution in [0.25, 0.3) is 0 Å². The van der Waals surface area contributed by atoms with Gasteiger partial charge in [0.2, 0.25) is 0 Å². The number of carbonyl (C=O) groups is 1. The Hall–Kier alpha value is -2.43. The predicted octanol–water partition coefficient (Wildman–Crippen LogP) is 5.00. The smallest absolute Gasteiger partial charge is 0.358 e. The topological polar surface area (TPSA) is 108 Å². The number of hydrogen-bond donors (Lipinski definition) is 1. The van der Waals surface area contributed by atoms with Crippen molar-refractivity contribution in [2.75, 3.05) is 5.32 Å². The van der Waals surface area contributed by atoms with E-state index in [2.05, 4.69) is 31.4 Å². The minimum absolute atomic E-state index is 0.302. The molecule has 12 heteroatoms. The number of carbonyl (C=O) groups excluding carboxylic acids is 1. The monoisotopic (exact) mass is 514 g/mol. The molecule has 0 fully saturated rings. The predicted molar refractivity (Wildman–Crippen MR) is 117 cm³/mol. The summed E-state index contributed by atoms with van der Waals surface area (Å²) >= 11 is 15.5. The van der Waals surface area contributed by atoms with Crippen LogP contribution in [0.15, 0.2) is 34.9 Å². The highest BCUT2D eigenvalue weighted by Gasteiger charge is 2.28. The fourth-order valence-corrected chi connectivity index (χ4v) is 3.82. The highest BCUT2D eigenvalue weighted by molar-refractivity contribution is 9.10. The van der Waals surface area contributed by atoms with E-state index in [-0.39, 0.29) is 11.7 Å². The van der Waals surface area contributed by atoms with Crippen LogP contribution in [-0.4, -0.2) is 30.4 Å². The minimum Gasteiger partial charge on any atom is -0.358 e. The Labute approximate surface area is 190 Å². The normalized spacial score (nSPS) is 12.0. The number of rotatable bonds is 7. The summed E-state index contributed by atoms with van der Waals surface area (Å²) < 4.78 is 3.56. The third kappa shape index (κ3) is 4.82. The molecule has 0 aliphatic rings. The first-order valence-electron chi connectivity index (χ1n) is 8.87. The summed E-state index contributed by atoms with van der Waals surface area (Å²) in [5, 5.41) is 23.1. The number of nitrogens with one attached hydrogen (secondary N) is 1. The first-order chi connectivity index (χ1) is 14.2. The van der Waals surface area contributed by atoms with Crippen molar-refractivity contribution in [1.29, 1.82) is 0 Å². The lowest BCUT2D eigenvalue weighted by Crippen LogP contribution is -2.27. The van der Waals surface area contributed by atoms with Crippen molar-refractivity contribution in [2.24, 2.45) is 0 Å². The van der Waals surface area contributed by atoms with Crippen molar-refractivity contribution in [3.8, 4) is 0 Å². The van der Waals surface area contributed by atoms with Crippen LogP contribution in [0.5, 0.6) is 0 Å². The van der Waals surface area contributed by atoms with E-state index < -0.39 is 11.0 Å². The van der Waals surface area contributed by atoms with Crippen molar-refractivity contribution in [2.45, 2.75) is 32.9 Å². The largest absolute Gasteiger partial charge is 0.390 e. The summed E-state index contributed by atoms with van der Waals surface area (Å²) in [5.74, 6) is -0.360. The van der Waals surface area contributed by atoms with Crippen LogP contribution in [0, 0.1) is 17.0 Å². The molecule has 158 valence electrons. The molecule has 0 spiro atoms. The molecule has 30 heavy (non-hydrogen) atoms. The highest BCUT2D eigenvalue weighted by Crippen LogP contribution is 2.26. The maximum absolute atomic E-state index is 12.8. The van der Waals surface area contributed by atoms with E-state index in [0.29, 0.717) is 39.0 Å². The molecule has 1 atom stereocenters. The van der Waals surface area contributed by atoms with Gasteiger partial charge in [0.1, 0.15) is 0 Å². The van der Waals surface area contributed by atoms with Crippen LogP contribution >= 0.6 is 39.1 Å². The summed E-state index contributed by atoms with van der Waals surface area (Å²) in [6.45, 7) is 3.84. The zero-order chi connectivity index (χ0) is 22.0. The quantitative estimate of drug-likeness (QED) is 0.351. The number of nitro groups is 1. The van der Waals surface area contributed by atoms with Gasteiger partial charge in [-0.15, -0.1) is 0 Å². The molecule has 0 saturated carbocycles. The van der Waals surface area contributed by atoms with Gasteiger partial charge >= 0.3 is 5.82 Å². The van der Waals surface area contributed by atoms with Crippen molar-refractivity contribution in [1.82, 2.24) is 19.6 Å². The second-order valence-electron chi connectivity index (χ2n) is 6.52. The van der Waals surface area contributed by atoms with Crippen molar-refractivity contribution in [3.63, 3.8) is 0 Å². The minimum atomic E-state index is -0.721. The number of aromatic nitrogens is 4. The Morgan fingerprint density at radius 1 is 1.33 bits per heavy atom. The second kappa shape index (κ2) is 9.15. The maximum atomic E-state index is 12.8. The zero-order valence-corrected chi connectivity index (χ0v) is 19.1. The molecule has 1 amide bonds. The van der Waals surface area contributed by atoms with Crippen LogP contribution in [0.1, 0.15) is 30.6 Å². The number of aryl methyl sites for hydroxylation is 1. The van der Waals surface area contributed by atoms with Crippen molar-refractivity contribution < 1.29 is 9.72 Å². The molecule has 0 saturated heterocycles. The third-order valence-corrected chi connectivity index (χ3v) is 5.55. The van der Waals surface area contributed by atoms with Gasteiger partial charge in [-0.1, -0.05) is 36.2 Å². The SMILES string of the molecule is CCC(C(=O)Nc1nn(Cc2ccc(Cl)cc2Cl)cc1Br)n1nc([N+](=O)[O-])cc1C. The van der Waals surface area contributed by atoms with E-state index in [1.54, 1.807) is 42.9 Å². The Bertz CT molecular complexity index is 1110. The highest BCUT2D eigenvalue weighted by atomic mass is 79.9. The lowest BCUT2D eigenvalue weighted by molar-refractivity contribution is -0.389. The Balaban J connectivity index is 1.78. The fraction of sp³-hybridized carbons (Fsp3) is 0.278. The van der Waals surface area contributed by atoms with Gasteiger partial charge < -0.3 is 15.4 Å². The summed E-state index contributed by atoms with van der Waals surface area (Å²) in [7, 11) is 0. The van der Waals surface area contributed by atoms with Gasteiger partial charge in [0.25, 0.3) is 5.91 Å². The first kappa shape index (κ1) is 22.3. The van der Waals surface area contributed by atoms with Gasteiger partial charge in [0, 0.05) is 16.2 Å². The van der Waals surface area contributed by atoms with Crippen LogP contribution in [-0.2, 0) is 11.3 Å². The molecule has 1 unspecified atom stereocenters. The molecule has 3 aromatic rings. The molecule has 2 heterocycles. The molecule has 0 bridgehead atoms. The molecule has 1 aromatic carbocycles. The van der Waals surface area contributed by atoms with Crippen molar-refractivity contribution in [3.05, 3.63) is 66.4 Å². The second-order valence-corrected chi connectivity index (χ2v) is 8.22. The molecule has 0 radical (unpaired) electrons. The standard InChI is InChI=1S/C18H17BrCl2N6O3/c1-3-15(26-10(2)6-16(23-26)27(29)30)18(28)22-17-13(19)9-25(24-17)8-11-4-5-12(20)7-14(11)21/h4-7,9,15H,3,8H2,1-2H3,(H,22,24,28). The fourth-order valence-electron chi connectivity index (χ4n) is 2.93. The van der Waals surface area contributed by atoms with Gasteiger partial charge in [-0.2, -0.15) is 9.78 Å². The van der Waals surface area contributed by atoms with Crippen LogP contribution in [0.2, 0.25) is 10.0 Å². The molecule has 0 aliphatic heterocycles. The molecule has 0 aliphatic carbocycles. The van der Waals surface area contributed by atoms with Crippen LogP contribution < -0.4 is 5.32 Å². The van der Waals surface area contributed by atoms with Crippen molar-refractivity contribution >= 4 is 56.7 Å². The van der Waals surface area contributed by atoms with E-state index in [4.69, 9.17) is 23.2 Å². The molecular weight excluding hydrogens is 499 g/mol. The van der Waals surface area contributed by atoms with Crippen LogP contribution in [0.3, 0.4) is 0 Å². The summed E-state index contributed by atoms with van der Waals surface area (Å²) in [6, 6.07) is 5.80. The summed E-state index contributed by atoms with van der Waals surface area (Å²) in [4.78, 5) is 23.2. The number of anilines is 1. The zero-order valence-electron chi connectivity index (χ0n) is 16.0. The Morgan fingerprint density at radius 3 is 2.67 bits per heavy atom. The first-order valence-corrected chi connectivity index (χ1v) is 10.4. The van der Waals surface area contributed by atoms with Gasteiger partial charge in [0.15, 0.2) is 11.9 Å². The Kier molecular flexibility index (Phi) is 6.79. The molecule has 2 aromatic heterocycles. The summed E-state index contributed by atoms with van der Waals surface area (Å²) in [6.07, 6.45) is 2.11. The van der Waals surface area contributed by atoms with Gasteiger partial charge in [-0.05, 0) is 51.9 Å². The lowest BCUT2D eigenvalue weighted by atomic mass is 10.2. The summed E-state index contributed by atoms with van der Waals surface area (Å²) in [5.41, 5.74) is 1.34. The molecule has 3 rings (SSSR count). The van der Waals surface area contributed by atoms with Gasteiger partial charge in [-0.25, -0.2) is 0 Å². The Morgan fingerprint density at radius 2 is 2.07 bits per heavy atom.